The Bertz CT molecular complexity index is 668. The van der Waals surface area contributed by atoms with Crippen LogP contribution in [0.25, 0.3) is 0 Å². The van der Waals surface area contributed by atoms with Gasteiger partial charge in [0, 0.05) is 0 Å². The van der Waals surface area contributed by atoms with E-state index in [1.165, 1.54) is 24.8 Å². The summed E-state index contributed by atoms with van der Waals surface area (Å²) in [5.74, 6) is 8.97. The summed E-state index contributed by atoms with van der Waals surface area (Å²) in [6, 6.07) is 8.56. The zero-order chi connectivity index (χ0) is 19.3. The molecule has 1 aromatic carbocycles. The Labute approximate surface area is 171 Å². The lowest BCUT2D eigenvalue weighted by atomic mass is 9.67. The van der Waals surface area contributed by atoms with Gasteiger partial charge < -0.3 is 9.47 Å². The minimum absolute atomic E-state index is 0.164. The minimum Gasteiger partial charge on any atom is -0.465 e. The lowest BCUT2D eigenvalue weighted by Gasteiger charge is -2.38. The first-order valence-electron chi connectivity index (χ1n) is 12.0. The fourth-order valence-electron chi connectivity index (χ4n) is 7.76. The highest BCUT2D eigenvalue weighted by molar-refractivity contribution is 5.29. The number of benzene rings is 1. The molecule has 9 unspecified atom stereocenters. The van der Waals surface area contributed by atoms with Crippen LogP contribution in [0.15, 0.2) is 24.3 Å². The zero-order valence-corrected chi connectivity index (χ0v) is 18.0. The van der Waals surface area contributed by atoms with E-state index in [1.54, 1.807) is 25.7 Å². The standard InChI is InChI=1S/C26H38O2/c1-4-16(2)18-7-9-23(10-8-18)28-17(3)27-12-11-19-13-22-15-24(19)26-21-6-5-20(14-21)25(22)26/h7-10,16-17,19-22,24-26H,4-6,11-15H2,1-3H3. The smallest absolute Gasteiger partial charge is 0.196 e. The molecular formula is C26H38O2. The van der Waals surface area contributed by atoms with Gasteiger partial charge in [0.15, 0.2) is 6.29 Å². The second-order valence-corrected chi connectivity index (χ2v) is 10.4. The van der Waals surface area contributed by atoms with Gasteiger partial charge in [0.2, 0.25) is 0 Å². The number of ether oxygens (including phenoxy) is 2. The summed E-state index contributed by atoms with van der Waals surface area (Å²) in [6.07, 6.45) is 9.95. The van der Waals surface area contributed by atoms with Crippen LogP contribution in [0.1, 0.15) is 77.2 Å². The fourth-order valence-corrected chi connectivity index (χ4v) is 7.76. The Balaban J connectivity index is 1.07. The molecule has 0 saturated heterocycles. The van der Waals surface area contributed by atoms with Crippen molar-refractivity contribution in [1.29, 1.82) is 0 Å². The van der Waals surface area contributed by atoms with Gasteiger partial charge in [0.05, 0.1) is 6.61 Å². The third kappa shape index (κ3) is 3.30. The highest BCUT2D eigenvalue weighted by atomic mass is 16.7. The fraction of sp³-hybridized carbons (Fsp3) is 0.769. The maximum atomic E-state index is 6.07. The van der Waals surface area contributed by atoms with Crippen LogP contribution in [0.3, 0.4) is 0 Å². The Morgan fingerprint density at radius 3 is 2.43 bits per heavy atom. The third-order valence-corrected chi connectivity index (χ3v) is 9.08. The highest BCUT2D eigenvalue weighted by Gasteiger charge is 2.61. The second-order valence-electron chi connectivity index (χ2n) is 10.4. The van der Waals surface area contributed by atoms with Crippen molar-refractivity contribution in [3.63, 3.8) is 0 Å². The molecule has 2 nitrogen and oxygen atoms in total. The van der Waals surface area contributed by atoms with Crippen LogP contribution in [-0.2, 0) is 4.74 Å². The molecule has 0 heterocycles. The number of hydrogen-bond donors (Lipinski definition) is 0. The van der Waals surface area contributed by atoms with E-state index >= 15 is 0 Å². The Morgan fingerprint density at radius 1 is 0.929 bits per heavy atom. The summed E-state index contributed by atoms with van der Waals surface area (Å²) in [6.45, 7) is 7.40. The van der Waals surface area contributed by atoms with Crippen LogP contribution in [0.4, 0.5) is 0 Å². The zero-order valence-electron chi connectivity index (χ0n) is 18.0. The minimum atomic E-state index is -0.164. The van der Waals surface area contributed by atoms with Crippen molar-refractivity contribution in [2.24, 2.45) is 41.4 Å². The van der Waals surface area contributed by atoms with E-state index in [-0.39, 0.29) is 6.29 Å². The van der Waals surface area contributed by atoms with Crippen LogP contribution >= 0.6 is 0 Å². The van der Waals surface area contributed by atoms with Crippen LogP contribution < -0.4 is 4.74 Å². The summed E-state index contributed by atoms with van der Waals surface area (Å²) in [7, 11) is 0. The third-order valence-electron chi connectivity index (χ3n) is 9.08. The van der Waals surface area contributed by atoms with Gasteiger partial charge in [-0.3, -0.25) is 0 Å². The van der Waals surface area contributed by atoms with Gasteiger partial charge in [-0.25, -0.2) is 0 Å². The van der Waals surface area contributed by atoms with Crippen molar-refractivity contribution in [3.8, 4) is 5.75 Å². The van der Waals surface area contributed by atoms with E-state index < -0.39 is 0 Å². The number of hydrogen-bond acceptors (Lipinski definition) is 2. The number of fused-ring (bicyclic) bond motifs is 9. The lowest BCUT2D eigenvalue weighted by molar-refractivity contribution is -0.0735. The first-order valence-corrected chi connectivity index (χ1v) is 12.0. The largest absolute Gasteiger partial charge is 0.465 e. The Kier molecular flexibility index (Phi) is 5.20. The van der Waals surface area contributed by atoms with E-state index in [0.717, 1.165) is 53.8 Å². The van der Waals surface area contributed by atoms with Crippen LogP contribution in [0.2, 0.25) is 0 Å². The van der Waals surface area contributed by atoms with Gasteiger partial charge in [0.25, 0.3) is 0 Å². The molecule has 4 aliphatic carbocycles. The predicted molar refractivity (Wildman–Crippen MR) is 113 cm³/mol. The molecule has 0 spiro atoms. The maximum Gasteiger partial charge on any atom is 0.196 e. The molecule has 1 aromatic rings. The summed E-state index contributed by atoms with van der Waals surface area (Å²) in [5.41, 5.74) is 1.39. The molecular weight excluding hydrogens is 344 g/mol. The van der Waals surface area contributed by atoms with E-state index in [9.17, 15) is 0 Å². The summed E-state index contributed by atoms with van der Waals surface area (Å²) >= 11 is 0. The molecule has 154 valence electrons. The van der Waals surface area contributed by atoms with Crippen molar-refractivity contribution >= 4 is 0 Å². The molecule has 0 radical (unpaired) electrons. The molecule has 4 saturated carbocycles. The Morgan fingerprint density at radius 2 is 1.68 bits per heavy atom. The van der Waals surface area contributed by atoms with Crippen molar-refractivity contribution in [2.75, 3.05) is 6.61 Å². The molecule has 4 aliphatic rings. The monoisotopic (exact) mass is 382 g/mol. The summed E-state index contributed by atoms with van der Waals surface area (Å²) < 4.78 is 12.1. The quantitative estimate of drug-likeness (QED) is 0.370. The van der Waals surface area contributed by atoms with Crippen molar-refractivity contribution in [3.05, 3.63) is 29.8 Å². The first-order chi connectivity index (χ1) is 13.6. The highest BCUT2D eigenvalue weighted by Crippen LogP contribution is 2.69. The van der Waals surface area contributed by atoms with Crippen molar-refractivity contribution in [1.82, 2.24) is 0 Å². The van der Waals surface area contributed by atoms with Crippen LogP contribution in [0.5, 0.6) is 5.75 Å². The van der Waals surface area contributed by atoms with Gasteiger partial charge in [-0.1, -0.05) is 26.0 Å². The second kappa shape index (κ2) is 7.67. The number of rotatable bonds is 8. The van der Waals surface area contributed by atoms with Crippen LogP contribution in [0, 0.1) is 41.4 Å². The average Bonchev–Trinajstić information content (AvgIpc) is 3.47. The molecule has 0 aliphatic heterocycles. The van der Waals surface area contributed by atoms with Crippen molar-refractivity contribution < 1.29 is 9.47 Å². The average molecular weight is 383 g/mol. The lowest BCUT2D eigenvalue weighted by Crippen LogP contribution is -2.33. The summed E-state index contributed by atoms with van der Waals surface area (Å²) in [4.78, 5) is 0. The predicted octanol–water partition coefficient (Wildman–Crippen LogP) is 6.65. The topological polar surface area (TPSA) is 18.5 Å². The molecule has 5 rings (SSSR count). The molecule has 9 atom stereocenters. The van der Waals surface area contributed by atoms with Gasteiger partial charge in [0.1, 0.15) is 5.75 Å². The summed E-state index contributed by atoms with van der Waals surface area (Å²) in [5, 5.41) is 0. The molecule has 2 heteroatoms. The molecule has 0 amide bonds. The van der Waals surface area contributed by atoms with E-state index in [0.29, 0.717) is 5.92 Å². The Hall–Kier alpha value is -1.02. The molecule has 4 fully saturated rings. The SMILES string of the molecule is CCC(C)c1ccc(OC(C)OCCC2CC3CC2C2C4CCC(C4)C32)cc1. The molecule has 28 heavy (non-hydrogen) atoms. The van der Waals surface area contributed by atoms with Gasteiger partial charge >= 0.3 is 0 Å². The molecule has 0 aromatic heterocycles. The van der Waals surface area contributed by atoms with Crippen molar-refractivity contribution in [2.45, 2.75) is 77.9 Å². The van der Waals surface area contributed by atoms with E-state index in [2.05, 4.69) is 38.1 Å². The molecule has 4 bridgehead atoms. The van der Waals surface area contributed by atoms with Gasteiger partial charge in [-0.2, -0.15) is 0 Å². The van der Waals surface area contributed by atoms with Gasteiger partial charge in [-0.15, -0.1) is 0 Å². The van der Waals surface area contributed by atoms with Gasteiger partial charge in [-0.05, 0) is 117 Å². The maximum absolute atomic E-state index is 6.07. The molecule has 0 N–H and O–H groups in total. The van der Waals surface area contributed by atoms with E-state index in [1.807, 2.05) is 6.92 Å². The normalized spacial score (nSPS) is 39.9. The van der Waals surface area contributed by atoms with Crippen LogP contribution in [-0.4, -0.2) is 12.9 Å². The first kappa shape index (κ1) is 19.0. The van der Waals surface area contributed by atoms with E-state index in [4.69, 9.17) is 9.47 Å².